The van der Waals surface area contributed by atoms with E-state index in [-0.39, 0.29) is 17.4 Å². The number of amides is 1. The first-order valence-electron chi connectivity index (χ1n) is 5.39. The Kier molecular flexibility index (Phi) is 7.02. The van der Waals surface area contributed by atoms with Gasteiger partial charge < -0.3 is 11.1 Å². The van der Waals surface area contributed by atoms with Crippen LogP contribution in [0.15, 0.2) is 0 Å². The van der Waals surface area contributed by atoms with Gasteiger partial charge >= 0.3 is 0 Å². The average molecular weight is 232 g/mol. The highest BCUT2D eigenvalue weighted by atomic mass is 32.2. The fraction of sp³-hybridized carbons (Fsp3) is 0.909. The van der Waals surface area contributed by atoms with E-state index in [1.54, 1.807) is 11.8 Å². The fourth-order valence-electron chi connectivity index (χ4n) is 1.02. The molecule has 3 nitrogen and oxygen atoms in total. The maximum Gasteiger partial charge on any atom is 0.221 e. The number of hydrogen-bond donors (Lipinski definition) is 2. The van der Waals surface area contributed by atoms with Crippen LogP contribution in [-0.4, -0.2) is 30.5 Å². The molecule has 0 rings (SSSR count). The van der Waals surface area contributed by atoms with Crippen molar-refractivity contribution in [3.05, 3.63) is 0 Å². The van der Waals surface area contributed by atoms with E-state index in [1.165, 1.54) is 0 Å². The fourth-order valence-corrected chi connectivity index (χ4v) is 1.46. The molecule has 1 atom stereocenters. The van der Waals surface area contributed by atoms with Crippen molar-refractivity contribution < 1.29 is 4.79 Å². The van der Waals surface area contributed by atoms with Crippen molar-refractivity contribution in [3.63, 3.8) is 0 Å². The van der Waals surface area contributed by atoms with Crippen LogP contribution in [0.1, 0.15) is 33.6 Å². The third-order valence-corrected chi connectivity index (χ3v) is 3.06. The van der Waals surface area contributed by atoms with Crippen LogP contribution in [0.4, 0.5) is 0 Å². The molecule has 0 aromatic carbocycles. The van der Waals surface area contributed by atoms with Crippen molar-refractivity contribution in [1.82, 2.24) is 5.32 Å². The van der Waals surface area contributed by atoms with Crippen LogP contribution < -0.4 is 11.1 Å². The Morgan fingerprint density at radius 1 is 1.47 bits per heavy atom. The first-order chi connectivity index (χ1) is 6.88. The topological polar surface area (TPSA) is 55.1 Å². The van der Waals surface area contributed by atoms with Gasteiger partial charge in [-0.05, 0) is 23.8 Å². The number of nitrogens with two attached hydrogens (primary N) is 1. The Hall–Kier alpha value is -0.220. The third-order valence-electron chi connectivity index (χ3n) is 2.37. The third kappa shape index (κ3) is 7.68. The Morgan fingerprint density at radius 2 is 2.07 bits per heavy atom. The molecule has 0 aromatic heterocycles. The molecule has 0 saturated carbocycles. The molecule has 0 spiro atoms. The summed E-state index contributed by atoms with van der Waals surface area (Å²) in [5, 5.41) is 2.89. The summed E-state index contributed by atoms with van der Waals surface area (Å²) in [6.07, 6.45) is 3.51. The SMILES string of the molecule is CSCCCNC(=O)CC(N)C(C)(C)C. The molecule has 0 aliphatic rings. The normalized spacial score (nSPS) is 13.7. The van der Waals surface area contributed by atoms with E-state index < -0.39 is 0 Å². The van der Waals surface area contributed by atoms with Gasteiger partial charge in [0.2, 0.25) is 5.91 Å². The van der Waals surface area contributed by atoms with E-state index in [2.05, 4.69) is 32.3 Å². The van der Waals surface area contributed by atoms with E-state index >= 15 is 0 Å². The van der Waals surface area contributed by atoms with Gasteiger partial charge in [-0.15, -0.1) is 0 Å². The number of thioether (sulfide) groups is 1. The quantitative estimate of drug-likeness (QED) is 0.684. The Morgan fingerprint density at radius 3 is 2.53 bits per heavy atom. The number of rotatable bonds is 6. The van der Waals surface area contributed by atoms with Crippen LogP contribution in [0.5, 0.6) is 0 Å². The molecule has 15 heavy (non-hydrogen) atoms. The van der Waals surface area contributed by atoms with Gasteiger partial charge in [0, 0.05) is 19.0 Å². The summed E-state index contributed by atoms with van der Waals surface area (Å²) < 4.78 is 0. The zero-order valence-corrected chi connectivity index (χ0v) is 11.1. The molecule has 1 unspecified atom stereocenters. The van der Waals surface area contributed by atoms with E-state index in [1.807, 2.05) is 0 Å². The van der Waals surface area contributed by atoms with Gasteiger partial charge in [0.25, 0.3) is 0 Å². The lowest BCUT2D eigenvalue weighted by Crippen LogP contribution is -2.40. The standard InChI is InChI=1S/C11H24N2OS/c1-11(2,3)9(12)8-10(14)13-6-5-7-15-4/h9H,5-8,12H2,1-4H3,(H,13,14). The summed E-state index contributed by atoms with van der Waals surface area (Å²) in [5.74, 6) is 1.16. The second-order valence-electron chi connectivity index (χ2n) is 4.87. The maximum atomic E-state index is 11.5. The summed E-state index contributed by atoms with van der Waals surface area (Å²) >= 11 is 1.80. The Bertz CT molecular complexity index is 190. The molecular formula is C11H24N2OS. The number of hydrogen-bond acceptors (Lipinski definition) is 3. The smallest absolute Gasteiger partial charge is 0.221 e. The van der Waals surface area contributed by atoms with Crippen LogP contribution >= 0.6 is 11.8 Å². The minimum absolute atomic E-state index is 0.00336. The molecule has 4 heteroatoms. The summed E-state index contributed by atoms with van der Waals surface area (Å²) in [6, 6.07) is -0.0712. The van der Waals surface area contributed by atoms with E-state index in [4.69, 9.17) is 5.73 Å². The second-order valence-corrected chi connectivity index (χ2v) is 5.86. The largest absolute Gasteiger partial charge is 0.356 e. The lowest BCUT2D eigenvalue weighted by Gasteiger charge is -2.26. The summed E-state index contributed by atoms with van der Waals surface area (Å²) in [6.45, 7) is 6.92. The van der Waals surface area contributed by atoms with Crippen LogP contribution in [0.3, 0.4) is 0 Å². The van der Waals surface area contributed by atoms with Gasteiger partial charge in [0.1, 0.15) is 0 Å². The monoisotopic (exact) mass is 232 g/mol. The highest BCUT2D eigenvalue weighted by molar-refractivity contribution is 7.98. The molecule has 0 fully saturated rings. The molecule has 1 amide bonds. The maximum absolute atomic E-state index is 11.5. The van der Waals surface area contributed by atoms with Crippen molar-refractivity contribution in [2.75, 3.05) is 18.6 Å². The van der Waals surface area contributed by atoms with Crippen molar-refractivity contribution in [1.29, 1.82) is 0 Å². The molecule has 0 saturated heterocycles. The lowest BCUT2D eigenvalue weighted by atomic mass is 9.85. The first kappa shape index (κ1) is 14.8. The van der Waals surface area contributed by atoms with Crippen LogP contribution in [0.2, 0.25) is 0 Å². The minimum atomic E-state index is -0.0712. The van der Waals surface area contributed by atoms with Crippen molar-refractivity contribution >= 4 is 17.7 Å². The van der Waals surface area contributed by atoms with Gasteiger partial charge in [-0.25, -0.2) is 0 Å². The predicted octanol–water partition coefficient (Wildman–Crippen LogP) is 1.62. The molecule has 0 aromatic rings. The predicted molar refractivity (Wildman–Crippen MR) is 68.1 cm³/mol. The van der Waals surface area contributed by atoms with E-state index in [0.717, 1.165) is 18.7 Å². The van der Waals surface area contributed by atoms with Crippen molar-refractivity contribution in [2.24, 2.45) is 11.1 Å². The lowest BCUT2D eigenvalue weighted by molar-refractivity contribution is -0.121. The molecule has 0 aliphatic carbocycles. The molecule has 0 radical (unpaired) electrons. The van der Waals surface area contributed by atoms with Gasteiger partial charge in [-0.3, -0.25) is 4.79 Å². The molecule has 0 aliphatic heterocycles. The minimum Gasteiger partial charge on any atom is -0.356 e. The number of carbonyl (C=O) groups is 1. The number of carbonyl (C=O) groups excluding carboxylic acids is 1. The highest BCUT2D eigenvalue weighted by Crippen LogP contribution is 2.19. The van der Waals surface area contributed by atoms with Crippen LogP contribution in [0, 0.1) is 5.41 Å². The zero-order chi connectivity index (χ0) is 11.9. The summed E-state index contributed by atoms with van der Waals surface area (Å²) in [4.78, 5) is 11.5. The molecule has 3 N–H and O–H groups in total. The second kappa shape index (κ2) is 7.12. The Balaban J connectivity index is 3.65. The van der Waals surface area contributed by atoms with Crippen molar-refractivity contribution in [3.8, 4) is 0 Å². The van der Waals surface area contributed by atoms with Gasteiger partial charge in [-0.1, -0.05) is 20.8 Å². The van der Waals surface area contributed by atoms with Crippen LogP contribution in [0.25, 0.3) is 0 Å². The van der Waals surface area contributed by atoms with E-state index in [9.17, 15) is 4.79 Å². The van der Waals surface area contributed by atoms with Gasteiger partial charge in [0.15, 0.2) is 0 Å². The Labute approximate surface area is 97.6 Å². The average Bonchev–Trinajstić information content (AvgIpc) is 2.11. The molecular weight excluding hydrogens is 208 g/mol. The first-order valence-corrected chi connectivity index (χ1v) is 6.78. The van der Waals surface area contributed by atoms with Crippen LogP contribution in [-0.2, 0) is 4.79 Å². The van der Waals surface area contributed by atoms with E-state index in [0.29, 0.717) is 6.42 Å². The number of nitrogens with one attached hydrogen (secondary N) is 1. The summed E-state index contributed by atoms with van der Waals surface area (Å²) in [5.41, 5.74) is 5.91. The zero-order valence-electron chi connectivity index (χ0n) is 10.3. The van der Waals surface area contributed by atoms with Crippen molar-refractivity contribution in [2.45, 2.75) is 39.7 Å². The molecule has 90 valence electrons. The summed E-state index contributed by atoms with van der Waals surface area (Å²) in [7, 11) is 0. The molecule has 0 heterocycles. The van der Waals surface area contributed by atoms with Gasteiger partial charge in [-0.2, -0.15) is 11.8 Å². The highest BCUT2D eigenvalue weighted by Gasteiger charge is 2.22. The van der Waals surface area contributed by atoms with Gasteiger partial charge in [0.05, 0.1) is 0 Å². The molecule has 0 bridgehead atoms.